The van der Waals surface area contributed by atoms with Gasteiger partial charge in [0.05, 0.1) is 12.4 Å². The Morgan fingerprint density at radius 1 is 1.36 bits per heavy atom. The maximum Gasteiger partial charge on any atom is 0.421 e. The molecule has 0 aliphatic heterocycles. The Hall–Kier alpha value is -1.52. The van der Waals surface area contributed by atoms with E-state index in [2.05, 4.69) is 16.1 Å². The van der Waals surface area contributed by atoms with Crippen LogP contribution in [0.2, 0.25) is 0 Å². The van der Waals surface area contributed by atoms with Gasteiger partial charge in [0.15, 0.2) is 0 Å². The first-order chi connectivity index (χ1) is 6.56. The molecule has 5 heteroatoms. The number of nitrogens with one attached hydrogen (secondary N) is 1. The zero-order valence-corrected chi connectivity index (χ0v) is 8.46. The highest BCUT2D eigenvalue weighted by Crippen LogP contribution is 1.92. The lowest BCUT2D eigenvalue weighted by Crippen LogP contribution is -2.31. The topological polar surface area (TPSA) is 64.6 Å². The van der Waals surface area contributed by atoms with Crippen molar-refractivity contribution in [2.75, 3.05) is 6.61 Å². The molecule has 0 aromatic rings. The van der Waals surface area contributed by atoms with Crippen molar-refractivity contribution in [3.05, 3.63) is 12.3 Å². The lowest BCUT2D eigenvalue weighted by atomic mass is 10.4. The lowest BCUT2D eigenvalue weighted by molar-refractivity contribution is 0.135. The van der Waals surface area contributed by atoms with Crippen molar-refractivity contribution in [2.45, 2.75) is 26.7 Å². The number of ether oxygens (including phenoxy) is 2. The van der Waals surface area contributed by atoms with Crippen LogP contribution < -0.4 is 5.32 Å². The third-order valence-corrected chi connectivity index (χ3v) is 1.20. The van der Waals surface area contributed by atoms with Crippen molar-refractivity contribution in [1.29, 1.82) is 0 Å². The summed E-state index contributed by atoms with van der Waals surface area (Å²) in [5, 5.41) is 1.89. The van der Waals surface area contributed by atoms with E-state index in [0.717, 1.165) is 12.8 Å². The molecule has 0 aliphatic carbocycles. The highest BCUT2D eigenvalue weighted by Gasteiger charge is 2.09. The number of allylic oxidation sites excluding steroid dienone is 1. The largest absolute Gasteiger partial charge is 0.449 e. The molecule has 0 aromatic carbocycles. The highest BCUT2D eigenvalue weighted by atomic mass is 16.6. The molecule has 0 heterocycles. The quantitative estimate of drug-likeness (QED) is 0.559. The van der Waals surface area contributed by atoms with Crippen LogP contribution in [0, 0.1) is 0 Å². The van der Waals surface area contributed by atoms with Crippen LogP contribution in [0.25, 0.3) is 0 Å². The zero-order valence-electron chi connectivity index (χ0n) is 8.46. The maximum atomic E-state index is 10.8. The van der Waals surface area contributed by atoms with E-state index in [1.807, 2.05) is 12.2 Å². The van der Waals surface area contributed by atoms with Gasteiger partial charge in [-0.2, -0.15) is 0 Å². The molecule has 0 radical (unpaired) electrons. The normalized spacial score (nSPS) is 9.00. The third kappa shape index (κ3) is 7.15. The molecule has 0 fully saturated rings. The smallest absolute Gasteiger partial charge is 0.421 e. The van der Waals surface area contributed by atoms with Crippen molar-refractivity contribution >= 4 is 12.2 Å². The first-order valence-electron chi connectivity index (χ1n) is 4.37. The number of alkyl carbamates (subject to hydrolysis) is 2. The second-order valence-electron chi connectivity index (χ2n) is 2.71. The van der Waals surface area contributed by atoms with Crippen molar-refractivity contribution in [1.82, 2.24) is 5.32 Å². The van der Waals surface area contributed by atoms with Crippen molar-refractivity contribution in [3.63, 3.8) is 0 Å². The molecule has 80 valence electrons. The standard InChI is InChI=1S/C9H15NO4/c1-4-5-6-13-8(11)10-9(12)14-7(2)3/h2,4-6H2,1,3H3,(H,10,11,12). The molecule has 2 amide bonds. The van der Waals surface area contributed by atoms with Crippen molar-refractivity contribution in [2.24, 2.45) is 0 Å². The highest BCUT2D eigenvalue weighted by molar-refractivity contribution is 5.87. The molecule has 1 N–H and O–H groups in total. The average molecular weight is 201 g/mol. The number of hydrogen-bond donors (Lipinski definition) is 1. The summed E-state index contributed by atoms with van der Waals surface area (Å²) in [6, 6.07) is 0. The van der Waals surface area contributed by atoms with E-state index in [0.29, 0.717) is 6.61 Å². The molecule has 0 spiro atoms. The minimum Gasteiger partial charge on any atom is -0.449 e. The Balaban J connectivity index is 3.61. The second-order valence-corrected chi connectivity index (χ2v) is 2.71. The fourth-order valence-corrected chi connectivity index (χ4v) is 0.612. The van der Waals surface area contributed by atoms with E-state index in [-0.39, 0.29) is 5.76 Å². The summed E-state index contributed by atoms with van der Waals surface area (Å²) in [5.74, 6) is 0.212. The third-order valence-electron chi connectivity index (χ3n) is 1.20. The van der Waals surface area contributed by atoms with E-state index in [9.17, 15) is 9.59 Å². The van der Waals surface area contributed by atoms with Crippen LogP contribution in [0.4, 0.5) is 9.59 Å². The van der Waals surface area contributed by atoms with Gasteiger partial charge in [0.1, 0.15) is 0 Å². The monoisotopic (exact) mass is 201 g/mol. The summed E-state index contributed by atoms with van der Waals surface area (Å²) in [6.45, 7) is 7.11. The Kier molecular flexibility index (Phi) is 6.19. The molecule has 5 nitrogen and oxygen atoms in total. The maximum absolute atomic E-state index is 10.8. The summed E-state index contributed by atoms with van der Waals surface area (Å²) in [5.41, 5.74) is 0. The van der Waals surface area contributed by atoms with Crippen LogP contribution in [0.5, 0.6) is 0 Å². The van der Waals surface area contributed by atoms with Crippen LogP contribution >= 0.6 is 0 Å². The van der Waals surface area contributed by atoms with Gasteiger partial charge in [0.25, 0.3) is 0 Å². The Labute approximate surface area is 83.1 Å². The Morgan fingerprint density at radius 2 is 2.00 bits per heavy atom. The molecule has 0 unspecified atom stereocenters. The van der Waals surface area contributed by atoms with Crippen LogP contribution in [0.1, 0.15) is 26.7 Å². The second kappa shape index (κ2) is 6.94. The van der Waals surface area contributed by atoms with E-state index < -0.39 is 12.2 Å². The summed E-state index contributed by atoms with van der Waals surface area (Å²) < 4.78 is 9.14. The van der Waals surface area contributed by atoms with Gasteiger partial charge in [0, 0.05) is 0 Å². The SMILES string of the molecule is C=C(C)OC(=O)NC(=O)OCCCC. The van der Waals surface area contributed by atoms with Gasteiger partial charge in [-0.05, 0) is 13.3 Å². The van der Waals surface area contributed by atoms with Gasteiger partial charge in [-0.3, -0.25) is 0 Å². The van der Waals surface area contributed by atoms with Gasteiger partial charge in [0.2, 0.25) is 0 Å². The molecule has 0 atom stereocenters. The van der Waals surface area contributed by atoms with Crippen LogP contribution in [-0.4, -0.2) is 18.8 Å². The number of rotatable bonds is 4. The number of imide groups is 1. The molecule has 0 aromatic heterocycles. The lowest BCUT2D eigenvalue weighted by Gasteiger charge is -2.05. The van der Waals surface area contributed by atoms with Gasteiger partial charge in [-0.1, -0.05) is 19.9 Å². The first-order valence-corrected chi connectivity index (χ1v) is 4.37. The van der Waals surface area contributed by atoms with Crippen LogP contribution in [-0.2, 0) is 9.47 Å². The van der Waals surface area contributed by atoms with Gasteiger partial charge in [-0.25, -0.2) is 14.9 Å². The first kappa shape index (κ1) is 12.5. The zero-order chi connectivity index (χ0) is 11.0. The average Bonchev–Trinajstić information content (AvgIpc) is 2.02. The van der Waals surface area contributed by atoms with Gasteiger partial charge < -0.3 is 9.47 Å². The van der Waals surface area contributed by atoms with E-state index in [4.69, 9.17) is 0 Å². The fraction of sp³-hybridized carbons (Fsp3) is 0.556. The van der Waals surface area contributed by atoms with Gasteiger partial charge in [-0.15, -0.1) is 0 Å². The molecule has 0 bridgehead atoms. The Morgan fingerprint density at radius 3 is 2.50 bits per heavy atom. The molecular weight excluding hydrogens is 186 g/mol. The van der Waals surface area contributed by atoms with E-state index >= 15 is 0 Å². The minimum atomic E-state index is -0.876. The summed E-state index contributed by atoms with van der Waals surface area (Å²) >= 11 is 0. The molecule has 0 rings (SSSR count). The number of carbonyl (C=O) groups is 2. The van der Waals surface area contributed by atoms with Crippen LogP contribution in [0.15, 0.2) is 12.3 Å². The summed E-state index contributed by atoms with van der Waals surface area (Å²) in [6.07, 6.45) is 0.00982. The minimum absolute atomic E-state index is 0.212. The molecule has 0 saturated carbocycles. The number of hydrogen-bond acceptors (Lipinski definition) is 4. The van der Waals surface area contributed by atoms with E-state index in [1.165, 1.54) is 6.92 Å². The molecule has 14 heavy (non-hydrogen) atoms. The van der Waals surface area contributed by atoms with Crippen molar-refractivity contribution < 1.29 is 19.1 Å². The number of unbranched alkanes of at least 4 members (excludes halogenated alkanes) is 1. The molecular formula is C9H15NO4. The Bertz CT molecular complexity index is 225. The fourth-order valence-electron chi connectivity index (χ4n) is 0.612. The van der Waals surface area contributed by atoms with Crippen LogP contribution in [0.3, 0.4) is 0 Å². The summed E-state index contributed by atoms with van der Waals surface area (Å²) in [7, 11) is 0. The van der Waals surface area contributed by atoms with Crippen molar-refractivity contribution in [3.8, 4) is 0 Å². The predicted octanol–water partition coefficient (Wildman–Crippen LogP) is 2.18. The van der Waals surface area contributed by atoms with Gasteiger partial charge >= 0.3 is 12.2 Å². The number of carbonyl (C=O) groups excluding carboxylic acids is 2. The predicted molar refractivity (Wildman–Crippen MR) is 50.7 cm³/mol. The van der Waals surface area contributed by atoms with E-state index in [1.54, 1.807) is 0 Å². The molecule has 0 aliphatic rings. The number of amides is 2. The summed E-state index contributed by atoms with van der Waals surface area (Å²) in [4.78, 5) is 21.6. The molecule has 0 saturated heterocycles.